The third-order valence-electron chi connectivity index (χ3n) is 1.92. The number of carbonyl (C=O) groups is 2. The average Bonchev–Trinajstić information content (AvgIpc) is 2.31. The fourth-order valence-corrected chi connectivity index (χ4v) is 1.13. The van der Waals surface area contributed by atoms with Gasteiger partial charge in [0.2, 0.25) is 5.83 Å². The van der Waals surface area contributed by atoms with Crippen LogP contribution in [-0.4, -0.2) is 42.2 Å². The maximum absolute atomic E-state index is 13.1. The van der Waals surface area contributed by atoms with Gasteiger partial charge in [0.1, 0.15) is 6.61 Å². The first-order valence-corrected chi connectivity index (χ1v) is 5.88. The summed E-state index contributed by atoms with van der Waals surface area (Å²) in [4.78, 5) is 22.5. The molecule has 0 aliphatic carbocycles. The minimum absolute atomic E-state index is 0.384. The van der Waals surface area contributed by atoms with Crippen molar-refractivity contribution in [2.45, 2.75) is 24.1 Å². The van der Waals surface area contributed by atoms with Crippen molar-refractivity contribution in [3.8, 4) is 0 Å². The van der Waals surface area contributed by atoms with Crippen molar-refractivity contribution < 1.29 is 45.4 Å². The van der Waals surface area contributed by atoms with Crippen LogP contribution in [0.2, 0.25) is 0 Å². The van der Waals surface area contributed by atoms with Gasteiger partial charge in [-0.25, -0.2) is 4.79 Å². The van der Waals surface area contributed by atoms with E-state index in [-0.39, 0.29) is 6.54 Å². The molecule has 0 aliphatic heterocycles. The Labute approximate surface area is 126 Å². The normalized spacial score (nSPS) is 14.9. The van der Waals surface area contributed by atoms with E-state index < -0.39 is 41.5 Å². The summed E-state index contributed by atoms with van der Waals surface area (Å²) < 4.78 is 84.3. The van der Waals surface area contributed by atoms with E-state index in [1.807, 2.05) is 0 Å². The molecule has 1 atom stereocenters. The number of hydrogen-bond acceptors (Lipinski definition) is 5. The highest BCUT2D eigenvalue weighted by Gasteiger charge is 2.67. The zero-order chi connectivity index (χ0) is 17.8. The van der Waals surface area contributed by atoms with Gasteiger partial charge >= 0.3 is 29.1 Å². The van der Waals surface area contributed by atoms with Gasteiger partial charge in [-0.05, 0) is 6.92 Å². The molecule has 0 fully saturated rings. The van der Waals surface area contributed by atoms with E-state index in [4.69, 9.17) is 0 Å². The summed E-state index contributed by atoms with van der Waals surface area (Å²) in [6, 6.07) is 0. The molecular formula is C10H11F6NO4S. The van der Waals surface area contributed by atoms with Gasteiger partial charge < -0.3 is 14.8 Å². The SMILES string of the molecule is C=C(F)C(=O)OC(OCC(F)(F)S)(C(=O)NCC)C(F)(F)F. The highest BCUT2D eigenvalue weighted by molar-refractivity contribution is 7.81. The van der Waals surface area contributed by atoms with Crippen molar-refractivity contribution in [1.82, 2.24) is 5.32 Å². The quantitative estimate of drug-likeness (QED) is 0.241. The molecule has 0 saturated heterocycles. The summed E-state index contributed by atoms with van der Waals surface area (Å²) >= 11 is 2.62. The molecule has 5 nitrogen and oxygen atoms in total. The Morgan fingerprint density at radius 2 is 1.73 bits per heavy atom. The first-order chi connectivity index (χ1) is 9.77. The van der Waals surface area contributed by atoms with E-state index in [0.717, 1.165) is 0 Å². The first-order valence-electron chi connectivity index (χ1n) is 5.43. The Morgan fingerprint density at radius 1 is 1.23 bits per heavy atom. The second kappa shape index (κ2) is 7.22. The number of esters is 1. The van der Waals surface area contributed by atoms with Gasteiger partial charge in [-0.15, -0.1) is 12.6 Å². The maximum atomic E-state index is 13.1. The molecule has 0 aromatic rings. The average molecular weight is 355 g/mol. The van der Waals surface area contributed by atoms with Gasteiger partial charge in [-0.1, -0.05) is 6.58 Å². The summed E-state index contributed by atoms with van der Waals surface area (Å²) in [6.07, 6.45) is -5.78. The van der Waals surface area contributed by atoms with Crippen molar-refractivity contribution in [1.29, 1.82) is 0 Å². The number of thiol groups is 1. The minimum Gasteiger partial charge on any atom is -0.410 e. The standard InChI is InChI=1S/C10H11F6NO4S/c1-3-17-7(19)9(10(14,15)16,20-4-8(12,13)22)21-6(18)5(2)11/h22H,2-4H2,1H3,(H,17,19). The summed E-state index contributed by atoms with van der Waals surface area (Å²) in [7, 11) is 0. The Balaban J connectivity index is 5.77. The number of nitrogens with one attached hydrogen (secondary N) is 1. The molecule has 0 radical (unpaired) electrons. The number of likely N-dealkylation sites (N-methyl/N-ethyl adjacent to an activating group) is 1. The molecule has 0 aromatic carbocycles. The fraction of sp³-hybridized carbons (Fsp3) is 0.600. The number of hydrogen-bond donors (Lipinski definition) is 2. The number of rotatable bonds is 7. The van der Waals surface area contributed by atoms with E-state index in [2.05, 4.69) is 28.7 Å². The molecule has 0 saturated carbocycles. The van der Waals surface area contributed by atoms with E-state index >= 15 is 0 Å². The second-order valence-corrected chi connectivity index (χ2v) is 4.38. The molecule has 1 unspecified atom stereocenters. The van der Waals surface area contributed by atoms with E-state index in [1.165, 1.54) is 6.92 Å². The van der Waals surface area contributed by atoms with Gasteiger partial charge in [-0.2, -0.15) is 26.3 Å². The number of ether oxygens (including phenoxy) is 2. The molecule has 1 amide bonds. The lowest BCUT2D eigenvalue weighted by Crippen LogP contribution is -2.62. The molecule has 1 N–H and O–H groups in total. The predicted molar refractivity (Wildman–Crippen MR) is 63.7 cm³/mol. The monoisotopic (exact) mass is 355 g/mol. The topological polar surface area (TPSA) is 64.6 Å². The highest BCUT2D eigenvalue weighted by atomic mass is 32.1. The molecule has 0 rings (SSSR count). The largest absolute Gasteiger partial charge is 0.466 e. The van der Waals surface area contributed by atoms with Crippen molar-refractivity contribution in [3.63, 3.8) is 0 Å². The molecule has 0 heterocycles. The molecule has 0 spiro atoms. The molecule has 0 bridgehead atoms. The number of carbonyl (C=O) groups excluding carboxylic acids is 2. The lowest BCUT2D eigenvalue weighted by Gasteiger charge is -2.33. The van der Waals surface area contributed by atoms with Crippen LogP contribution >= 0.6 is 12.6 Å². The predicted octanol–water partition coefficient (Wildman–Crippen LogP) is 1.95. The Kier molecular flexibility index (Phi) is 6.75. The van der Waals surface area contributed by atoms with Crippen molar-refractivity contribution in [3.05, 3.63) is 12.4 Å². The van der Waals surface area contributed by atoms with E-state index in [1.54, 1.807) is 5.32 Å². The first kappa shape index (κ1) is 20.6. The van der Waals surface area contributed by atoms with Crippen LogP contribution in [0.4, 0.5) is 26.3 Å². The number of halogens is 6. The van der Waals surface area contributed by atoms with Crippen molar-refractivity contribution in [2.75, 3.05) is 13.2 Å². The van der Waals surface area contributed by atoms with Crippen LogP contribution < -0.4 is 5.32 Å². The van der Waals surface area contributed by atoms with Crippen LogP contribution in [0, 0.1) is 0 Å². The third-order valence-corrected chi connectivity index (χ3v) is 2.05. The van der Waals surface area contributed by atoms with Crippen LogP contribution in [-0.2, 0) is 19.1 Å². The lowest BCUT2D eigenvalue weighted by atomic mass is 10.2. The van der Waals surface area contributed by atoms with Crippen LogP contribution in [0.15, 0.2) is 12.4 Å². The van der Waals surface area contributed by atoms with E-state index in [0.29, 0.717) is 0 Å². The smallest absolute Gasteiger partial charge is 0.410 e. The maximum Gasteiger partial charge on any atom is 0.466 e. The minimum atomic E-state index is -5.78. The molecule has 0 aliphatic rings. The van der Waals surface area contributed by atoms with Gasteiger partial charge in [0.15, 0.2) is 0 Å². The summed E-state index contributed by atoms with van der Waals surface area (Å²) in [5.41, 5.74) is 0. The zero-order valence-electron chi connectivity index (χ0n) is 11.0. The molecular weight excluding hydrogens is 344 g/mol. The van der Waals surface area contributed by atoms with Gasteiger partial charge in [0, 0.05) is 6.54 Å². The molecule has 22 heavy (non-hydrogen) atoms. The van der Waals surface area contributed by atoms with Crippen LogP contribution in [0.5, 0.6) is 0 Å². The van der Waals surface area contributed by atoms with Crippen LogP contribution in [0.3, 0.4) is 0 Å². The second-order valence-electron chi connectivity index (χ2n) is 3.72. The van der Waals surface area contributed by atoms with Crippen LogP contribution in [0.25, 0.3) is 0 Å². The lowest BCUT2D eigenvalue weighted by molar-refractivity contribution is -0.352. The summed E-state index contributed by atoms with van der Waals surface area (Å²) in [5.74, 6) is -10.9. The molecule has 0 aromatic heterocycles. The van der Waals surface area contributed by atoms with Gasteiger partial charge in [0.25, 0.3) is 0 Å². The summed E-state index contributed by atoms with van der Waals surface area (Å²) in [6.45, 7) is 1.15. The van der Waals surface area contributed by atoms with Crippen molar-refractivity contribution >= 4 is 24.5 Å². The Hall–Kier alpha value is -1.43. The van der Waals surface area contributed by atoms with Crippen LogP contribution in [0.1, 0.15) is 6.92 Å². The van der Waals surface area contributed by atoms with Crippen molar-refractivity contribution in [2.24, 2.45) is 0 Å². The van der Waals surface area contributed by atoms with E-state index in [9.17, 15) is 35.9 Å². The Morgan fingerprint density at radius 3 is 2.05 bits per heavy atom. The fourth-order valence-electron chi connectivity index (χ4n) is 1.06. The Bertz CT molecular complexity index is 450. The third kappa shape index (κ3) is 5.40. The van der Waals surface area contributed by atoms with Gasteiger partial charge in [-0.3, -0.25) is 4.79 Å². The summed E-state index contributed by atoms with van der Waals surface area (Å²) in [5, 5.41) is -2.49. The van der Waals surface area contributed by atoms with Gasteiger partial charge in [0.05, 0.1) is 0 Å². The highest BCUT2D eigenvalue weighted by Crippen LogP contribution is 2.37. The number of alkyl halides is 5. The zero-order valence-corrected chi connectivity index (χ0v) is 11.9. The molecule has 12 heteroatoms. The molecule has 128 valence electrons. The number of amides is 1.